The van der Waals surface area contributed by atoms with E-state index in [1.54, 1.807) is 12.1 Å². The number of thioether (sulfide) groups is 1. The van der Waals surface area contributed by atoms with E-state index in [4.69, 9.17) is 16.3 Å². The van der Waals surface area contributed by atoms with E-state index in [0.29, 0.717) is 17.3 Å². The van der Waals surface area contributed by atoms with Crippen LogP contribution in [0.1, 0.15) is 96.5 Å². The normalized spacial score (nSPS) is 12.9. The first-order valence-electron chi connectivity index (χ1n) is 14.7. The number of benzene rings is 2. The maximum absolute atomic E-state index is 12.7. The number of carbonyl (C=O) groups excluding carboxylic acids is 1. The molecule has 2 aromatic rings. The third kappa shape index (κ3) is 12.2. The summed E-state index contributed by atoms with van der Waals surface area (Å²) in [6.07, 6.45) is 18.0. The Morgan fingerprint density at radius 3 is 2.18 bits per heavy atom. The quantitative estimate of drug-likeness (QED) is 0.175. The molecule has 0 saturated carbocycles. The first-order valence-corrected chi connectivity index (χ1v) is 16.0. The van der Waals surface area contributed by atoms with Crippen LogP contribution in [-0.2, 0) is 6.54 Å². The van der Waals surface area contributed by atoms with Crippen LogP contribution in [0.5, 0.6) is 5.75 Å². The number of urea groups is 1. The Balaban J connectivity index is 1.31. The minimum absolute atomic E-state index is 0.322. The molecule has 0 saturated heterocycles. The van der Waals surface area contributed by atoms with E-state index in [9.17, 15) is 4.79 Å². The molecule has 39 heavy (non-hydrogen) atoms. The fourth-order valence-corrected chi connectivity index (χ4v) is 5.68. The number of nitrogens with one attached hydrogen (secondary N) is 2. The molecule has 5 nitrogen and oxygen atoms in total. The highest BCUT2D eigenvalue weighted by molar-refractivity contribution is 8.03. The van der Waals surface area contributed by atoms with Crippen LogP contribution in [0.25, 0.3) is 0 Å². The zero-order valence-electron chi connectivity index (χ0n) is 23.8. The number of amides is 2. The van der Waals surface area contributed by atoms with Gasteiger partial charge in [0.1, 0.15) is 5.75 Å². The summed E-state index contributed by atoms with van der Waals surface area (Å²) in [4.78, 5) is 16.3. The fourth-order valence-electron chi connectivity index (χ4n) is 4.70. The van der Waals surface area contributed by atoms with Crippen molar-refractivity contribution in [2.75, 3.05) is 23.1 Å². The molecule has 3 rings (SSSR count). The van der Waals surface area contributed by atoms with Crippen molar-refractivity contribution >= 4 is 40.8 Å². The number of carbonyl (C=O) groups is 1. The van der Waals surface area contributed by atoms with Crippen molar-refractivity contribution < 1.29 is 9.53 Å². The van der Waals surface area contributed by atoms with Crippen molar-refractivity contribution in [1.29, 1.82) is 0 Å². The van der Waals surface area contributed by atoms with Crippen LogP contribution < -0.4 is 15.4 Å². The number of halogens is 1. The molecule has 214 valence electrons. The number of hydrogen-bond donors (Lipinski definition) is 2. The Hall–Kier alpha value is -2.31. The molecule has 0 spiro atoms. The summed E-state index contributed by atoms with van der Waals surface area (Å²) in [5.74, 6) is 1.65. The highest BCUT2D eigenvalue weighted by Gasteiger charge is 2.14. The van der Waals surface area contributed by atoms with E-state index in [0.717, 1.165) is 35.8 Å². The maximum atomic E-state index is 12.7. The fraction of sp³-hybridized carbons (Fsp3) is 0.531. The number of allylic oxidation sites excluding steroid dienone is 1. The highest BCUT2D eigenvalue weighted by atomic mass is 35.5. The van der Waals surface area contributed by atoms with Gasteiger partial charge in [0, 0.05) is 24.5 Å². The zero-order valence-corrected chi connectivity index (χ0v) is 25.3. The molecule has 0 atom stereocenters. The second-order valence-electron chi connectivity index (χ2n) is 10.4. The summed E-state index contributed by atoms with van der Waals surface area (Å²) in [6, 6.07) is 13.0. The van der Waals surface area contributed by atoms with Gasteiger partial charge in [-0.1, -0.05) is 107 Å². The lowest BCUT2D eigenvalue weighted by Crippen LogP contribution is -2.21. The summed E-state index contributed by atoms with van der Waals surface area (Å²) in [5, 5.41) is 6.29. The van der Waals surface area contributed by atoms with Gasteiger partial charge in [-0.15, -0.1) is 11.8 Å². The van der Waals surface area contributed by atoms with Gasteiger partial charge in [0.25, 0.3) is 0 Å². The Morgan fingerprint density at radius 2 is 1.54 bits per heavy atom. The largest absolute Gasteiger partial charge is 0.494 e. The molecule has 0 aromatic heterocycles. The summed E-state index contributed by atoms with van der Waals surface area (Å²) in [7, 11) is 0. The average molecular weight is 572 g/mol. The molecule has 1 heterocycles. The minimum Gasteiger partial charge on any atom is -0.494 e. The van der Waals surface area contributed by atoms with Gasteiger partial charge in [0.05, 0.1) is 23.2 Å². The van der Waals surface area contributed by atoms with Crippen molar-refractivity contribution in [3.63, 3.8) is 0 Å². The van der Waals surface area contributed by atoms with E-state index in [2.05, 4.69) is 35.6 Å². The van der Waals surface area contributed by atoms with Gasteiger partial charge in [-0.2, -0.15) is 0 Å². The van der Waals surface area contributed by atoms with E-state index in [1.807, 2.05) is 42.1 Å². The monoisotopic (exact) mass is 571 g/mol. The molecule has 1 aliphatic heterocycles. The first-order chi connectivity index (χ1) is 19.0. The number of unbranched alkanes of at least 4 members (excludes halogenated alkanes) is 11. The molecule has 2 amide bonds. The van der Waals surface area contributed by atoms with Gasteiger partial charge >= 0.3 is 6.03 Å². The summed E-state index contributed by atoms with van der Waals surface area (Å²) < 4.78 is 5.90. The molecule has 0 unspecified atom stereocenters. The van der Waals surface area contributed by atoms with E-state index >= 15 is 0 Å². The van der Waals surface area contributed by atoms with Crippen molar-refractivity contribution in [2.45, 2.75) is 97.4 Å². The Morgan fingerprint density at radius 1 is 0.897 bits per heavy atom. The molecular weight excluding hydrogens is 526 g/mol. The second kappa shape index (κ2) is 18.1. The van der Waals surface area contributed by atoms with Gasteiger partial charge in [-0.25, -0.2) is 4.79 Å². The lowest BCUT2D eigenvalue weighted by Gasteiger charge is -2.18. The lowest BCUT2D eigenvalue weighted by molar-refractivity contribution is 0.262. The predicted octanol–water partition coefficient (Wildman–Crippen LogP) is 10.4. The van der Waals surface area contributed by atoms with Gasteiger partial charge in [0.15, 0.2) is 0 Å². The van der Waals surface area contributed by atoms with E-state index in [-0.39, 0.29) is 6.03 Å². The summed E-state index contributed by atoms with van der Waals surface area (Å²) in [5.41, 5.74) is 2.40. The van der Waals surface area contributed by atoms with Gasteiger partial charge in [-0.3, -0.25) is 0 Å². The average Bonchev–Trinajstić information content (AvgIpc) is 3.33. The number of ether oxygens (including phenoxy) is 1. The molecular formula is C32H46ClN3O2S. The predicted molar refractivity (Wildman–Crippen MR) is 169 cm³/mol. The van der Waals surface area contributed by atoms with Gasteiger partial charge in [-0.05, 0) is 42.0 Å². The van der Waals surface area contributed by atoms with Gasteiger partial charge < -0.3 is 20.3 Å². The molecule has 0 fully saturated rings. The molecule has 0 bridgehead atoms. The molecule has 0 radical (unpaired) electrons. The number of hydrogen-bond acceptors (Lipinski definition) is 4. The Labute approximate surface area is 245 Å². The summed E-state index contributed by atoms with van der Waals surface area (Å²) in [6.45, 7) is 5.81. The van der Waals surface area contributed by atoms with Crippen LogP contribution in [0.2, 0.25) is 5.02 Å². The van der Waals surface area contributed by atoms with Crippen molar-refractivity contribution in [1.82, 2.24) is 4.90 Å². The van der Waals surface area contributed by atoms with Crippen LogP contribution in [0.15, 0.2) is 53.6 Å². The molecule has 2 aromatic carbocycles. The maximum Gasteiger partial charge on any atom is 0.323 e. The Kier molecular flexibility index (Phi) is 14.5. The third-order valence-corrected chi connectivity index (χ3v) is 8.25. The molecule has 2 N–H and O–H groups in total. The molecule has 1 aliphatic rings. The smallest absolute Gasteiger partial charge is 0.323 e. The lowest BCUT2D eigenvalue weighted by atomic mass is 10.1. The Bertz CT molecular complexity index is 1050. The van der Waals surface area contributed by atoms with Crippen molar-refractivity contribution in [2.24, 2.45) is 0 Å². The van der Waals surface area contributed by atoms with Crippen LogP contribution in [0, 0.1) is 0 Å². The zero-order chi connectivity index (χ0) is 27.7. The number of anilines is 2. The number of rotatable bonds is 18. The highest BCUT2D eigenvalue weighted by Crippen LogP contribution is 2.29. The van der Waals surface area contributed by atoms with Crippen LogP contribution in [0.4, 0.5) is 16.2 Å². The topological polar surface area (TPSA) is 53.6 Å². The van der Waals surface area contributed by atoms with E-state index in [1.165, 1.54) is 75.5 Å². The molecule has 7 heteroatoms. The third-order valence-electron chi connectivity index (χ3n) is 6.92. The van der Waals surface area contributed by atoms with Crippen LogP contribution in [-0.4, -0.2) is 23.4 Å². The SMILES string of the molecule is CCCCCCCCCCCCCCOc1ccc(NC(=O)Nc2ccccc2CN2C=C(C)SC2)c(Cl)c1. The van der Waals surface area contributed by atoms with Crippen LogP contribution in [0.3, 0.4) is 0 Å². The summed E-state index contributed by atoms with van der Waals surface area (Å²) >= 11 is 8.28. The van der Waals surface area contributed by atoms with Gasteiger partial charge in [0.2, 0.25) is 0 Å². The van der Waals surface area contributed by atoms with Crippen molar-refractivity contribution in [3.05, 3.63) is 64.2 Å². The van der Waals surface area contributed by atoms with E-state index < -0.39 is 0 Å². The molecule has 0 aliphatic carbocycles. The van der Waals surface area contributed by atoms with Crippen molar-refractivity contribution in [3.8, 4) is 5.75 Å². The minimum atomic E-state index is -0.322. The number of nitrogens with zero attached hydrogens (tertiary/aromatic N) is 1. The number of para-hydroxylation sites is 1. The standard InChI is InChI=1S/C32H46ClN3O2S/c1-3-4-5-6-7-8-9-10-11-12-13-16-21-38-28-19-20-31(29(33)22-28)35-32(37)34-30-18-15-14-17-27(30)24-36-23-26(2)39-25-36/h14-15,17-20,22-23H,3-13,16,21,24-25H2,1-2H3,(H2,34,35,37). The van der Waals surface area contributed by atoms with Crippen LogP contribution >= 0.6 is 23.4 Å². The second-order valence-corrected chi connectivity index (χ2v) is 12.0. The first kappa shape index (κ1) is 31.2.